The van der Waals surface area contributed by atoms with E-state index in [1.54, 1.807) is 0 Å². The smallest absolute Gasteiger partial charge is 0.308 e. The number of thioether (sulfide) groups is 1. The minimum absolute atomic E-state index is 0.00877. The molecule has 1 atom stereocenters. The summed E-state index contributed by atoms with van der Waals surface area (Å²) in [5.74, 6) is 1.07. The highest BCUT2D eigenvalue weighted by Crippen LogP contribution is 2.34. The average molecular weight is 315 g/mol. The van der Waals surface area contributed by atoms with Crippen LogP contribution in [0.5, 0.6) is 0 Å². The van der Waals surface area contributed by atoms with E-state index in [2.05, 4.69) is 23.6 Å². The Morgan fingerprint density at radius 3 is 2.71 bits per heavy atom. The third-order valence-electron chi connectivity index (χ3n) is 4.73. The second-order valence-corrected chi connectivity index (χ2v) is 7.80. The van der Waals surface area contributed by atoms with E-state index in [9.17, 15) is 9.90 Å². The van der Waals surface area contributed by atoms with Gasteiger partial charge < -0.3 is 9.84 Å². The molecule has 1 aliphatic heterocycles. The maximum atomic E-state index is 11.8. The van der Waals surface area contributed by atoms with Crippen molar-refractivity contribution in [3.8, 4) is 0 Å². The lowest BCUT2D eigenvalue weighted by Gasteiger charge is -2.41. The number of nitrogens with zero attached hydrogens (tertiary/aromatic N) is 1. The Bertz CT molecular complexity index is 342. The molecule has 0 radical (unpaired) electrons. The fourth-order valence-electron chi connectivity index (χ4n) is 3.40. The van der Waals surface area contributed by atoms with Gasteiger partial charge in [0.05, 0.1) is 18.1 Å². The molecular weight excluding hydrogens is 286 g/mol. The van der Waals surface area contributed by atoms with Crippen LogP contribution >= 0.6 is 11.8 Å². The molecule has 1 saturated carbocycles. The molecule has 122 valence electrons. The van der Waals surface area contributed by atoms with Gasteiger partial charge in [-0.3, -0.25) is 9.69 Å². The first kappa shape index (κ1) is 17.1. The molecule has 0 aromatic heterocycles. The largest absolute Gasteiger partial charge is 0.466 e. The monoisotopic (exact) mass is 315 g/mol. The van der Waals surface area contributed by atoms with E-state index in [1.165, 1.54) is 12.2 Å². The number of rotatable bonds is 5. The molecule has 1 heterocycles. The van der Waals surface area contributed by atoms with E-state index in [4.69, 9.17) is 4.74 Å². The van der Waals surface area contributed by atoms with Crippen molar-refractivity contribution in [3.63, 3.8) is 0 Å². The van der Waals surface area contributed by atoms with Crippen LogP contribution in [0.3, 0.4) is 0 Å². The van der Waals surface area contributed by atoms with E-state index < -0.39 is 5.60 Å². The quantitative estimate of drug-likeness (QED) is 0.789. The topological polar surface area (TPSA) is 49.8 Å². The molecule has 2 fully saturated rings. The predicted octanol–water partition coefficient (Wildman–Crippen LogP) is 2.30. The average Bonchev–Trinajstić information content (AvgIpc) is 2.48. The molecule has 2 aliphatic rings. The summed E-state index contributed by atoms with van der Waals surface area (Å²) in [4.78, 5) is 14.2. The molecule has 0 aromatic rings. The van der Waals surface area contributed by atoms with Gasteiger partial charge in [0.15, 0.2) is 0 Å². The minimum Gasteiger partial charge on any atom is -0.466 e. The molecule has 1 N–H and O–H groups in total. The number of ether oxygens (including phenoxy) is 1. The fraction of sp³-hybridized carbons (Fsp3) is 0.938. The van der Waals surface area contributed by atoms with Crippen LogP contribution in [0, 0.1) is 5.92 Å². The Labute approximate surface area is 132 Å². The Kier molecular flexibility index (Phi) is 6.38. The van der Waals surface area contributed by atoms with E-state index in [0.29, 0.717) is 11.9 Å². The summed E-state index contributed by atoms with van der Waals surface area (Å²) in [5.41, 5.74) is -0.608. The second kappa shape index (κ2) is 7.84. The molecule has 4 nitrogen and oxygen atoms in total. The fourth-order valence-corrected chi connectivity index (χ4v) is 4.65. The summed E-state index contributed by atoms with van der Waals surface area (Å²) < 4.78 is 5.09. The van der Waals surface area contributed by atoms with Gasteiger partial charge in [-0.25, -0.2) is 0 Å². The number of β-amino-alcohol motifs (C(OH)–C–C–N with tert-alkyl or cyclic N) is 1. The van der Waals surface area contributed by atoms with Crippen molar-refractivity contribution in [2.24, 2.45) is 5.92 Å². The van der Waals surface area contributed by atoms with Crippen LogP contribution in [0.25, 0.3) is 0 Å². The van der Waals surface area contributed by atoms with Gasteiger partial charge in [0, 0.05) is 30.6 Å². The van der Waals surface area contributed by atoms with Gasteiger partial charge in [-0.15, -0.1) is 0 Å². The van der Waals surface area contributed by atoms with Crippen molar-refractivity contribution < 1.29 is 14.6 Å². The predicted molar refractivity (Wildman–Crippen MR) is 86.5 cm³/mol. The van der Waals surface area contributed by atoms with Crippen LogP contribution < -0.4 is 0 Å². The highest BCUT2D eigenvalue weighted by Gasteiger charge is 2.38. The lowest BCUT2D eigenvalue weighted by molar-refractivity contribution is -0.151. The summed E-state index contributed by atoms with van der Waals surface area (Å²) in [6.45, 7) is 7.45. The Hall–Kier alpha value is -0.260. The van der Waals surface area contributed by atoms with Crippen LogP contribution in [0.1, 0.15) is 46.0 Å². The maximum Gasteiger partial charge on any atom is 0.308 e. The molecule has 1 saturated heterocycles. The normalized spacial score (nSPS) is 34.6. The number of hydrogen-bond donors (Lipinski definition) is 1. The lowest BCUT2D eigenvalue weighted by Crippen LogP contribution is -2.50. The van der Waals surface area contributed by atoms with Gasteiger partial charge in [0.25, 0.3) is 0 Å². The third-order valence-corrected chi connectivity index (χ3v) is 6.10. The van der Waals surface area contributed by atoms with E-state index in [0.717, 1.165) is 45.3 Å². The molecule has 1 unspecified atom stereocenters. The van der Waals surface area contributed by atoms with Crippen LogP contribution in [-0.2, 0) is 9.53 Å². The molecule has 1 aliphatic carbocycles. The molecule has 5 heteroatoms. The van der Waals surface area contributed by atoms with Gasteiger partial charge in [0.1, 0.15) is 0 Å². The SMILES string of the molecule is CCOC(=O)C1CCC(O)(CN2CCSC(CC)C2)CC1. The molecule has 0 aromatic carbocycles. The van der Waals surface area contributed by atoms with Gasteiger partial charge in [-0.2, -0.15) is 11.8 Å². The zero-order valence-electron chi connectivity index (χ0n) is 13.3. The zero-order valence-corrected chi connectivity index (χ0v) is 14.2. The third kappa shape index (κ3) is 4.86. The molecule has 0 spiro atoms. The maximum absolute atomic E-state index is 11.8. The van der Waals surface area contributed by atoms with E-state index in [1.807, 2.05) is 6.92 Å². The van der Waals surface area contributed by atoms with Crippen LogP contribution in [0.2, 0.25) is 0 Å². The number of esters is 1. The van der Waals surface area contributed by atoms with Crippen molar-refractivity contribution in [3.05, 3.63) is 0 Å². The zero-order chi connectivity index (χ0) is 15.3. The van der Waals surface area contributed by atoms with Crippen LogP contribution in [-0.4, -0.2) is 58.8 Å². The van der Waals surface area contributed by atoms with E-state index in [-0.39, 0.29) is 11.9 Å². The van der Waals surface area contributed by atoms with Crippen molar-refractivity contribution in [1.82, 2.24) is 4.90 Å². The number of carbonyl (C=O) groups is 1. The standard InChI is InChI=1S/C16H29NO3S/c1-3-14-11-17(9-10-21-14)12-16(19)7-5-13(6-8-16)15(18)20-4-2/h13-14,19H,3-12H2,1-2H3. The molecule has 0 bridgehead atoms. The molecule has 0 amide bonds. The first-order valence-electron chi connectivity index (χ1n) is 8.29. The Morgan fingerprint density at radius 2 is 2.10 bits per heavy atom. The highest BCUT2D eigenvalue weighted by molar-refractivity contribution is 8.00. The number of aliphatic hydroxyl groups is 1. The lowest BCUT2D eigenvalue weighted by atomic mass is 9.78. The first-order valence-corrected chi connectivity index (χ1v) is 9.34. The van der Waals surface area contributed by atoms with E-state index >= 15 is 0 Å². The molecule has 2 rings (SSSR count). The summed E-state index contributed by atoms with van der Waals surface area (Å²) in [6.07, 6.45) is 4.16. The van der Waals surface area contributed by atoms with Crippen molar-refractivity contribution in [2.45, 2.75) is 56.8 Å². The summed E-state index contributed by atoms with van der Waals surface area (Å²) in [7, 11) is 0. The van der Waals surface area contributed by atoms with Gasteiger partial charge in [-0.1, -0.05) is 6.92 Å². The highest BCUT2D eigenvalue weighted by atomic mass is 32.2. The van der Waals surface area contributed by atoms with Gasteiger partial charge in [0.2, 0.25) is 0 Å². The second-order valence-electron chi connectivity index (χ2n) is 6.39. The Balaban J connectivity index is 1.80. The van der Waals surface area contributed by atoms with Crippen molar-refractivity contribution in [2.75, 3.05) is 32.0 Å². The van der Waals surface area contributed by atoms with Crippen LogP contribution in [0.15, 0.2) is 0 Å². The van der Waals surface area contributed by atoms with Crippen LogP contribution in [0.4, 0.5) is 0 Å². The number of hydrogen-bond acceptors (Lipinski definition) is 5. The molecule has 21 heavy (non-hydrogen) atoms. The minimum atomic E-state index is -0.608. The summed E-state index contributed by atoms with van der Waals surface area (Å²) in [6, 6.07) is 0. The summed E-state index contributed by atoms with van der Waals surface area (Å²) in [5, 5.41) is 11.5. The summed E-state index contributed by atoms with van der Waals surface area (Å²) >= 11 is 2.05. The number of carbonyl (C=O) groups excluding carboxylic acids is 1. The molecular formula is C16H29NO3S. The first-order chi connectivity index (χ1) is 10.1. The van der Waals surface area contributed by atoms with Gasteiger partial charge in [-0.05, 0) is 39.0 Å². The Morgan fingerprint density at radius 1 is 1.38 bits per heavy atom. The van der Waals surface area contributed by atoms with Crippen molar-refractivity contribution in [1.29, 1.82) is 0 Å². The van der Waals surface area contributed by atoms with Gasteiger partial charge >= 0.3 is 5.97 Å². The van der Waals surface area contributed by atoms with Crippen molar-refractivity contribution >= 4 is 17.7 Å².